The van der Waals surface area contributed by atoms with Crippen molar-refractivity contribution in [2.45, 2.75) is 39.6 Å². The summed E-state index contributed by atoms with van der Waals surface area (Å²) in [6.45, 7) is 8.24. The van der Waals surface area contributed by atoms with Crippen molar-refractivity contribution in [2.75, 3.05) is 0 Å². The summed E-state index contributed by atoms with van der Waals surface area (Å²) in [7, 11) is 1.72. The van der Waals surface area contributed by atoms with Crippen LogP contribution in [-0.2, 0) is 11.7 Å². The highest BCUT2D eigenvalue weighted by molar-refractivity contribution is 6.68. The van der Waals surface area contributed by atoms with Crippen molar-refractivity contribution in [2.24, 2.45) is 12.5 Å². The predicted octanol–water partition coefficient (Wildman–Crippen LogP) is 1.59. The summed E-state index contributed by atoms with van der Waals surface area (Å²) in [5.41, 5.74) is 0.376. The van der Waals surface area contributed by atoms with Gasteiger partial charge in [-0.25, -0.2) is 0 Å². The van der Waals surface area contributed by atoms with Gasteiger partial charge in [-0.1, -0.05) is 13.8 Å². The second kappa shape index (κ2) is 3.33. The van der Waals surface area contributed by atoms with E-state index in [0.29, 0.717) is 5.46 Å². The van der Waals surface area contributed by atoms with Gasteiger partial charge in [-0.3, -0.25) is 4.68 Å². The summed E-state index contributed by atoms with van der Waals surface area (Å²) in [5, 5.41) is 3.72. The van der Waals surface area contributed by atoms with Crippen LogP contribution in [0.2, 0.25) is 6.32 Å². The lowest BCUT2D eigenvalue weighted by Crippen LogP contribution is -2.36. The summed E-state index contributed by atoms with van der Waals surface area (Å²) >= 11 is 0. The standard InChI is InChI=1S/C11H18BFN2O/c1-10(2)7-12(16-11(10,3)4)8-6-15(5)14-9(8)13/h6H,7H2,1-5H3. The van der Waals surface area contributed by atoms with Gasteiger partial charge in [-0.05, 0) is 25.6 Å². The average molecular weight is 224 g/mol. The molecule has 1 saturated heterocycles. The third kappa shape index (κ3) is 1.67. The summed E-state index contributed by atoms with van der Waals surface area (Å²) in [5.74, 6) is -0.416. The van der Waals surface area contributed by atoms with E-state index in [4.69, 9.17) is 4.65 Å². The first kappa shape index (κ1) is 11.6. The van der Waals surface area contributed by atoms with Crippen molar-refractivity contribution in [3.63, 3.8) is 0 Å². The Morgan fingerprint density at radius 2 is 2.06 bits per heavy atom. The van der Waals surface area contributed by atoms with Crippen LogP contribution in [0, 0.1) is 11.4 Å². The van der Waals surface area contributed by atoms with Gasteiger partial charge in [0.05, 0.1) is 5.60 Å². The van der Waals surface area contributed by atoms with Crippen molar-refractivity contribution in [1.82, 2.24) is 9.78 Å². The molecular formula is C11H18BFN2O. The maximum Gasteiger partial charge on any atom is 0.334 e. The Labute approximate surface area is 96.1 Å². The summed E-state index contributed by atoms with van der Waals surface area (Å²) < 4.78 is 21.0. The molecule has 3 nitrogen and oxygen atoms in total. The molecule has 88 valence electrons. The number of halogens is 1. The molecule has 1 aromatic heterocycles. The van der Waals surface area contributed by atoms with Crippen LogP contribution in [0.5, 0.6) is 0 Å². The van der Waals surface area contributed by atoms with Crippen LogP contribution in [-0.4, -0.2) is 22.3 Å². The van der Waals surface area contributed by atoms with E-state index in [0.717, 1.165) is 6.32 Å². The number of aromatic nitrogens is 2. The molecule has 0 atom stereocenters. The molecule has 1 aromatic rings. The van der Waals surface area contributed by atoms with E-state index in [1.807, 2.05) is 0 Å². The highest BCUT2D eigenvalue weighted by Crippen LogP contribution is 2.45. The zero-order valence-electron chi connectivity index (χ0n) is 10.5. The van der Waals surface area contributed by atoms with Crippen LogP contribution in [0.4, 0.5) is 4.39 Å². The molecule has 0 aliphatic carbocycles. The molecule has 0 aromatic carbocycles. The van der Waals surface area contributed by atoms with E-state index < -0.39 is 5.95 Å². The molecule has 0 radical (unpaired) electrons. The van der Waals surface area contributed by atoms with Crippen LogP contribution in [0.1, 0.15) is 27.7 Å². The fourth-order valence-corrected chi connectivity index (χ4v) is 2.14. The smallest absolute Gasteiger partial charge is 0.334 e. The van der Waals surface area contributed by atoms with Gasteiger partial charge < -0.3 is 4.65 Å². The summed E-state index contributed by atoms with van der Waals surface area (Å²) in [4.78, 5) is 0. The topological polar surface area (TPSA) is 27.1 Å². The third-order valence-corrected chi connectivity index (χ3v) is 3.92. The first-order valence-electron chi connectivity index (χ1n) is 5.60. The Hall–Kier alpha value is -0.835. The molecule has 0 unspecified atom stereocenters. The Bertz CT molecular complexity index is 398. The molecule has 0 saturated carbocycles. The lowest BCUT2D eigenvalue weighted by molar-refractivity contribution is 0.0375. The minimum Gasteiger partial charge on any atom is -0.425 e. The van der Waals surface area contributed by atoms with Gasteiger partial charge in [0.15, 0.2) is 0 Å². The number of aryl methyl sites for hydroxylation is 1. The van der Waals surface area contributed by atoms with E-state index >= 15 is 0 Å². The van der Waals surface area contributed by atoms with Crippen LogP contribution in [0.25, 0.3) is 0 Å². The van der Waals surface area contributed by atoms with Crippen LogP contribution in [0.15, 0.2) is 6.20 Å². The second-order valence-corrected chi connectivity index (χ2v) is 5.75. The molecule has 1 fully saturated rings. The Balaban J connectivity index is 2.30. The third-order valence-electron chi connectivity index (χ3n) is 3.92. The second-order valence-electron chi connectivity index (χ2n) is 5.75. The Kier molecular flexibility index (Phi) is 2.42. The SMILES string of the molecule is Cn1cc(B2CC(C)(C)C(C)(C)O2)c(F)n1. The van der Waals surface area contributed by atoms with E-state index in [-0.39, 0.29) is 17.9 Å². The molecule has 5 heteroatoms. The minimum atomic E-state index is -0.416. The monoisotopic (exact) mass is 224 g/mol. The molecule has 0 N–H and O–H groups in total. The number of rotatable bonds is 1. The fraction of sp³-hybridized carbons (Fsp3) is 0.727. The zero-order valence-corrected chi connectivity index (χ0v) is 10.5. The van der Waals surface area contributed by atoms with E-state index in [2.05, 4.69) is 32.8 Å². The van der Waals surface area contributed by atoms with Crippen LogP contribution < -0.4 is 5.46 Å². The van der Waals surface area contributed by atoms with E-state index in [1.165, 1.54) is 4.68 Å². The number of hydrogen-bond acceptors (Lipinski definition) is 2. The summed E-state index contributed by atoms with van der Waals surface area (Å²) in [6.07, 6.45) is 2.53. The zero-order chi connectivity index (χ0) is 12.1. The van der Waals surface area contributed by atoms with Gasteiger partial charge in [0.25, 0.3) is 0 Å². The van der Waals surface area contributed by atoms with Crippen molar-refractivity contribution in [3.05, 3.63) is 12.1 Å². The largest absolute Gasteiger partial charge is 0.425 e. The van der Waals surface area contributed by atoms with Crippen molar-refractivity contribution in [1.29, 1.82) is 0 Å². The van der Waals surface area contributed by atoms with Crippen molar-refractivity contribution in [3.8, 4) is 0 Å². The van der Waals surface area contributed by atoms with Gasteiger partial charge >= 0.3 is 6.92 Å². The lowest BCUT2D eigenvalue weighted by atomic mass is 9.55. The lowest BCUT2D eigenvalue weighted by Gasteiger charge is -2.34. The first-order chi connectivity index (χ1) is 7.23. The maximum atomic E-state index is 13.6. The number of nitrogens with zero attached hydrogens (tertiary/aromatic N) is 2. The van der Waals surface area contributed by atoms with E-state index in [1.54, 1.807) is 13.2 Å². The van der Waals surface area contributed by atoms with E-state index in [9.17, 15) is 4.39 Å². The van der Waals surface area contributed by atoms with Crippen LogP contribution >= 0.6 is 0 Å². The normalized spacial score (nSPS) is 22.8. The molecule has 2 rings (SSSR count). The van der Waals surface area contributed by atoms with Gasteiger partial charge in [0, 0.05) is 18.7 Å². The summed E-state index contributed by atoms with van der Waals surface area (Å²) in [6, 6.07) is 0. The molecular weight excluding hydrogens is 206 g/mol. The molecule has 2 heterocycles. The van der Waals surface area contributed by atoms with Crippen LogP contribution in [0.3, 0.4) is 0 Å². The molecule has 0 amide bonds. The number of hydrogen-bond donors (Lipinski definition) is 0. The highest BCUT2D eigenvalue weighted by Gasteiger charge is 2.50. The highest BCUT2D eigenvalue weighted by atomic mass is 19.1. The molecule has 1 aliphatic rings. The Morgan fingerprint density at radius 3 is 2.44 bits per heavy atom. The Morgan fingerprint density at radius 1 is 1.44 bits per heavy atom. The van der Waals surface area contributed by atoms with Crippen molar-refractivity contribution < 1.29 is 9.04 Å². The fourth-order valence-electron chi connectivity index (χ4n) is 2.14. The molecule has 16 heavy (non-hydrogen) atoms. The average Bonchev–Trinajstić information content (AvgIpc) is 2.51. The van der Waals surface area contributed by atoms with Gasteiger partial charge in [0.1, 0.15) is 0 Å². The molecule has 1 aliphatic heterocycles. The maximum absolute atomic E-state index is 13.6. The van der Waals surface area contributed by atoms with Crippen molar-refractivity contribution >= 4 is 12.4 Å². The van der Waals surface area contributed by atoms with Gasteiger partial charge in [0.2, 0.25) is 5.95 Å². The van der Waals surface area contributed by atoms with Gasteiger partial charge in [-0.2, -0.15) is 4.39 Å². The first-order valence-corrected chi connectivity index (χ1v) is 5.60. The molecule has 0 spiro atoms. The molecule has 0 bridgehead atoms. The quantitative estimate of drug-likeness (QED) is 0.677. The van der Waals surface area contributed by atoms with Gasteiger partial charge in [-0.15, -0.1) is 5.10 Å². The minimum absolute atomic E-state index is 0.0416. The predicted molar refractivity (Wildman–Crippen MR) is 62.3 cm³/mol.